The predicted molar refractivity (Wildman–Crippen MR) is 63.1 cm³/mol. The molecule has 1 unspecified atom stereocenters. The highest BCUT2D eigenvalue weighted by Gasteiger charge is 2.33. The van der Waals surface area contributed by atoms with Gasteiger partial charge in [0.2, 0.25) is 5.91 Å². The number of aliphatic carboxylic acids is 1. The predicted octanol–water partition coefficient (Wildman–Crippen LogP) is 0.492. The van der Waals surface area contributed by atoms with Crippen molar-refractivity contribution in [3.8, 4) is 0 Å². The van der Waals surface area contributed by atoms with Gasteiger partial charge in [0.25, 0.3) is 0 Å². The van der Waals surface area contributed by atoms with Crippen molar-refractivity contribution in [3.63, 3.8) is 0 Å². The molecule has 0 saturated carbocycles. The average molecular weight is 246 g/mol. The maximum Gasteiger partial charge on any atom is 0.327 e. The van der Waals surface area contributed by atoms with Crippen LogP contribution in [0.3, 0.4) is 0 Å². The van der Waals surface area contributed by atoms with E-state index in [-0.39, 0.29) is 5.91 Å². The molecule has 0 spiro atoms. The largest absolute Gasteiger partial charge is 0.480 e. The third-order valence-electron chi connectivity index (χ3n) is 2.58. The van der Waals surface area contributed by atoms with Crippen molar-refractivity contribution in [2.45, 2.75) is 31.7 Å². The molecule has 1 heterocycles. The molecular weight excluding hydrogens is 228 g/mol. The van der Waals surface area contributed by atoms with E-state index < -0.39 is 12.0 Å². The number of nitrogens with zero attached hydrogens (tertiary/aromatic N) is 1. The zero-order valence-electron chi connectivity index (χ0n) is 9.22. The van der Waals surface area contributed by atoms with Gasteiger partial charge in [-0.05, 0) is 19.4 Å². The molecule has 0 aliphatic carbocycles. The lowest BCUT2D eigenvalue weighted by Gasteiger charge is -2.20. The van der Waals surface area contributed by atoms with Crippen molar-refractivity contribution in [1.82, 2.24) is 4.90 Å². The molecule has 1 fully saturated rings. The fourth-order valence-electron chi connectivity index (χ4n) is 1.63. The Hall–Kier alpha value is -0.750. The van der Waals surface area contributed by atoms with Gasteiger partial charge in [0.15, 0.2) is 0 Å². The molecule has 0 aromatic carbocycles. The Morgan fingerprint density at radius 2 is 2.12 bits per heavy atom. The molecule has 6 heteroatoms. The van der Waals surface area contributed by atoms with Gasteiger partial charge in [-0.3, -0.25) is 4.79 Å². The molecule has 1 atom stereocenters. The van der Waals surface area contributed by atoms with Crippen molar-refractivity contribution >= 4 is 23.6 Å². The Balaban J connectivity index is 2.32. The lowest BCUT2D eigenvalue weighted by Crippen LogP contribution is -2.41. The number of unbranched alkanes of at least 4 members (excludes halogenated alkanes) is 2. The summed E-state index contributed by atoms with van der Waals surface area (Å²) in [5.41, 5.74) is 5.35. The molecule has 1 amide bonds. The summed E-state index contributed by atoms with van der Waals surface area (Å²) < 4.78 is 0. The van der Waals surface area contributed by atoms with Gasteiger partial charge in [-0.1, -0.05) is 6.42 Å². The quantitative estimate of drug-likeness (QED) is 0.666. The molecule has 0 radical (unpaired) electrons. The monoisotopic (exact) mass is 246 g/mol. The second-order valence-corrected chi connectivity index (χ2v) is 4.82. The Bertz CT molecular complexity index is 260. The molecule has 1 aliphatic heterocycles. The molecule has 0 bridgehead atoms. The minimum absolute atomic E-state index is 0.0468. The van der Waals surface area contributed by atoms with Crippen LogP contribution in [-0.4, -0.2) is 46.1 Å². The van der Waals surface area contributed by atoms with Gasteiger partial charge in [-0.25, -0.2) is 4.79 Å². The molecule has 0 aromatic rings. The van der Waals surface area contributed by atoms with Crippen LogP contribution in [0.2, 0.25) is 0 Å². The normalized spacial score (nSPS) is 20.1. The zero-order chi connectivity index (χ0) is 12.0. The van der Waals surface area contributed by atoms with E-state index in [0.29, 0.717) is 24.6 Å². The summed E-state index contributed by atoms with van der Waals surface area (Å²) in [7, 11) is 0. The number of rotatable bonds is 6. The first kappa shape index (κ1) is 13.3. The fourth-order valence-corrected chi connectivity index (χ4v) is 2.81. The summed E-state index contributed by atoms with van der Waals surface area (Å²) >= 11 is 1.49. The number of carboxylic acid groups (broad SMARTS) is 1. The van der Waals surface area contributed by atoms with Crippen molar-refractivity contribution in [3.05, 3.63) is 0 Å². The van der Waals surface area contributed by atoms with Gasteiger partial charge in [-0.2, -0.15) is 0 Å². The van der Waals surface area contributed by atoms with Gasteiger partial charge >= 0.3 is 5.97 Å². The molecule has 16 heavy (non-hydrogen) atoms. The maximum atomic E-state index is 11.7. The van der Waals surface area contributed by atoms with Crippen LogP contribution in [0.5, 0.6) is 0 Å². The van der Waals surface area contributed by atoms with Gasteiger partial charge < -0.3 is 15.7 Å². The highest BCUT2D eigenvalue weighted by atomic mass is 32.2. The Kier molecular flexibility index (Phi) is 5.62. The van der Waals surface area contributed by atoms with E-state index in [1.807, 2.05) is 0 Å². The van der Waals surface area contributed by atoms with Gasteiger partial charge in [0.1, 0.15) is 6.04 Å². The van der Waals surface area contributed by atoms with Crippen LogP contribution < -0.4 is 5.73 Å². The van der Waals surface area contributed by atoms with Crippen molar-refractivity contribution in [1.29, 1.82) is 0 Å². The number of amides is 1. The van der Waals surface area contributed by atoms with Crippen molar-refractivity contribution < 1.29 is 14.7 Å². The lowest BCUT2D eigenvalue weighted by atomic mass is 10.1. The molecule has 92 valence electrons. The zero-order valence-corrected chi connectivity index (χ0v) is 10.0. The third kappa shape index (κ3) is 3.68. The molecule has 1 saturated heterocycles. The second-order valence-electron chi connectivity index (χ2n) is 3.82. The Morgan fingerprint density at radius 3 is 2.75 bits per heavy atom. The van der Waals surface area contributed by atoms with Gasteiger partial charge in [0, 0.05) is 12.2 Å². The molecule has 1 rings (SSSR count). The number of carboxylic acids is 1. The molecular formula is C10H18N2O3S. The Morgan fingerprint density at radius 1 is 1.38 bits per heavy atom. The van der Waals surface area contributed by atoms with E-state index in [9.17, 15) is 9.59 Å². The van der Waals surface area contributed by atoms with E-state index in [4.69, 9.17) is 10.8 Å². The van der Waals surface area contributed by atoms with Crippen molar-refractivity contribution in [2.75, 3.05) is 18.2 Å². The number of nitrogens with two attached hydrogens (primary N) is 1. The van der Waals surface area contributed by atoms with Gasteiger partial charge in [-0.15, -0.1) is 11.8 Å². The SMILES string of the molecule is NCCCCCC(=O)N1CSCC1C(=O)O. The van der Waals surface area contributed by atoms with Crippen LogP contribution in [0.1, 0.15) is 25.7 Å². The van der Waals surface area contributed by atoms with E-state index in [1.165, 1.54) is 16.7 Å². The standard InChI is InChI=1S/C10H18N2O3S/c11-5-3-1-2-4-9(13)12-7-16-6-8(12)10(14)15/h8H,1-7,11H2,(H,14,15). The topological polar surface area (TPSA) is 83.6 Å². The number of hydrogen-bond donors (Lipinski definition) is 2. The summed E-state index contributed by atoms with van der Waals surface area (Å²) in [4.78, 5) is 24.1. The number of carbonyl (C=O) groups excluding carboxylic acids is 1. The third-order valence-corrected chi connectivity index (χ3v) is 3.59. The van der Waals surface area contributed by atoms with E-state index in [1.54, 1.807) is 0 Å². The summed E-state index contributed by atoms with van der Waals surface area (Å²) in [5, 5.41) is 8.92. The number of hydrogen-bond acceptors (Lipinski definition) is 4. The Labute approximate surface area is 99.4 Å². The average Bonchev–Trinajstić information content (AvgIpc) is 2.73. The molecule has 1 aliphatic rings. The highest BCUT2D eigenvalue weighted by Crippen LogP contribution is 2.22. The first-order valence-corrected chi connectivity index (χ1v) is 6.62. The number of carbonyl (C=O) groups is 2. The van der Waals surface area contributed by atoms with Crippen LogP contribution >= 0.6 is 11.8 Å². The minimum atomic E-state index is -0.902. The first-order valence-electron chi connectivity index (χ1n) is 5.47. The van der Waals surface area contributed by atoms with Crippen LogP contribution in [0.25, 0.3) is 0 Å². The highest BCUT2D eigenvalue weighted by molar-refractivity contribution is 7.99. The maximum absolute atomic E-state index is 11.7. The van der Waals surface area contributed by atoms with Crippen LogP contribution in [0.4, 0.5) is 0 Å². The van der Waals surface area contributed by atoms with Crippen LogP contribution in [0.15, 0.2) is 0 Å². The van der Waals surface area contributed by atoms with Crippen LogP contribution in [-0.2, 0) is 9.59 Å². The summed E-state index contributed by atoms with van der Waals surface area (Å²) in [6.45, 7) is 0.644. The number of thioether (sulfide) groups is 1. The van der Waals surface area contributed by atoms with E-state index in [2.05, 4.69) is 0 Å². The molecule has 0 aromatic heterocycles. The summed E-state index contributed by atoms with van der Waals surface area (Å²) in [5.74, 6) is 0.0612. The smallest absolute Gasteiger partial charge is 0.327 e. The molecule has 5 nitrogen and oxygen atoms in total. The lowest BCUT2D eigenvalue weighted by molar-refractivity contribution is -0.147. The van der Waals surface area contributed by atoms with E-state index >= 15 is 0 Å². The second kappa shape index (κ2) is 6.75. The first-order chi connectivity index (χ1) is 7.66. The summed E-state index contributed by atoms with van der Waals surface area (Å²) in [6.07, 6.45) is 3.08. The fraction of sp³-hybridized carbons (Fsp3) is 0.800. The van der Waals surface area contributed by atoms with E-state index in [0.717, 1.165) is 19.3 Å². The van der Waals surface area contributed by atoms with Gasteiger partial charge in [0.05, 0.1) is 5.88 Å². The van der Waals surface area contributed by atoms with Crippen LogP contribution in [0, 0.1) is 0 Å². The summed E-state index contributed by atoms with van der Waals surface area (Å²) in [6, 6.07) is -0.632. The minimum Gasteiger partial charge on any atom is -0.480 e. The van der Waals surface area contributed by atoms with Crippen molar-refractivity contribution in [2.24, 2.45) is 5.73 Å². The molecule has 3 N–H and O–H groups in total.